The molecule has 27 heavy (non-hydrogen) atoms. The third-order valence-corrected chi connectivity index (χ3v) is 5.19. The molecular formula is C18H19F3N4OS. The summed E-state index contributed by atoms with van der Waals surface area (Å²) in [6, 6.07) is 4.57. The second-order valence-corrected chi connectivity index (χ2v) is 7.65. The summed E-state index contributed by atoms with van der Waals surface area (Å²) < 4.78 is 40.3. The predicted octanol–water partition coefficient (Wildman–Crippen LogP) is 4.48. The van der Waals surface area contributed by atoms with Gasteiger partial charge in [-0.1, -0.05) is 23.9 Å². The Hall–Kier alpha value is -2.29. The number of aromatic nitrogens is 3. The van der Waals surface area contributed by atoms with E-state index in [1.165, 1.54) is 23.9 Å². The Balaban J connectivity index is 1.69. The van der Waals surface area contributed by atoms with Crippen molar-refractivity contribution in [3.63, 3.8) is 0 Å². The maximum Gasteiger partial charge on any atom is 0.416 e. The summed E-state index contributed by atoms with van der Waals surface area (Å²) in [5.74, 6) is 0.893. The highest BCUT2D eigenvalue weighted by Gasteiger charge is 2.32. The Morgan fingerprint density at radius 1 is 1.44 bits per heavy atom. The second-order valence-electron chi connectivity index (χ2n) is 6.34. The average Bonchev–Trinajstić information content (AvgIpc) is 3.38. The molecule has 1 N–H and O–H groups in total. The van der Waals surface area contributed by atoms with Gasteiger partial charge in [-0.05, 0) is 38.0 Å². The van der Waals surface area contributed by atoms with E-state index in [0.29, 0.717) is 17.6 Å². The summed E-state index contributed by atoms with van der Waals surface area (Å²) in [5.41, 5.74) is -0.700. The molecule has 1 aromatic heterocycles. The summed E-state index contributed by atoms with van der Waals surface area (Å²) in [6.07, 6.45) is -0.564. The molecular weight excluding hydrogens is 377 g/mol. The van der Waals surface area contributed by atoms with Crippen LogP contribution in [0.5, 0.6) is 0 Å². The topological polar surface area (TPSA) is 59.8 Å². The maximum absolute atomic E-state index is 12.8. The van der Waals surface area contributed by atoms with Gasteiger partial charge in [-0.3, -0.25) is 4.79 Å². The lowest BCUT2D eigenvalue weighted by Gasteiger charge is -2.14. The molecule has 1 fully saturated rings. The molecule has 1 aliphatic rings. The van der Waals surface area contributed by atoms with Crippen LogP contribution in [0.3, 0.4) is 0 Å². The minimum Gasteiger partial charge on any atom is -0.325 e. The van der Waals surface area contributed by atoms with Crippen molar-refractivity contribution in [1.82, 2.24) is 14.8 Å². The molecule has 2 aromatic rings. The summed E-state index contributed by atoms with van der Waals surface area (Å²) >= 11 is 1.22. The van der Waals surface area contributed by atoms with Crippen LogP contribution in [-0.4, -0.2) is 25.9 Å². The van der Waals surface area contributed by atoms with Gasteiger partial charge in [0.1, 0.15) is 5.82 Å². The lowest BCUT2D eigenvalue weighted by atomic mass is 10.2. The lowest BCUT2D eigenvalue weighted by Crippen LogP contribution is -2.23. The monoisotopic (exact) mass is 396 g/mol. The molecule has 5 nitrogen and oxygen atoms in total. The summed E-state index contributed by atoms with van der Waals surface area (Å²) in [4.78, 5) is 12.4. The highest BCUT2D eigenvalue weighted by atomic mass is 32.2. The molecule has 0 aliphatic heterocycles. The van der Waals surface area contributed by atoms with Crippen LogP contribution in [0.15, 0.2) is 42.1 Å². The molecule has 3 rings (SSSR count). The van der Waals surface area contributed by atoms with E-state index in [4.69, 9.17) is 0 Å². The number of carbonyl (C=O) groups excluding carboxylic acids is 1. The van der Waals surface area contributed by atoms with E-state index in [0.717, 1.165) is 30.8 Å². The van der Waals surface area contributed by atoms with Gasteiger partial charge in [0.05, 0.1) is 10.8 Å². The van der Waals surface area contributed by atoms with Gasteiger partial charge in [-0.2, -0.15) is 13.2 Å². The quantitative estimate of drug-likeness (QED) is 0.554. The molecule has 0 radical (unpaired) electrons. The SMILES string of the molecule is C=CCn1c(SC(C)C(=O)Nc2cccc(C(F)(F)F)c2)nnc1C1CC1. The Labute approximate surface area is 159 Å². The third kappa shape index (κ3) is 4.71. The van der Waals surface area contributed by atoms with Crippen LogP contribution in [0.25, 0.3) is 0 Å². The number of amides is 1. The molecule has 1 heterocycles. The van der Waals surface area contributed by atoms with Crippen LogP contribution in [0.4, 0.5) is 18.9 Å². The van der Waals surface area contributed by atoms with Crippen LogP contribution >= 0.6 is 11.8 Å². The number of halogens is 3. The average molecular weight is 396 g/mol. The fraction of sp³-hybridized carbons (Fsp3) is 0.389. The van der Waals surface area contributed by atoms with Crippen molar-refractivity contribution in [1.29, 1.82) is 0 Å². The second kappa shape index (κ2) is 7.75. The number of alkyl halides is 3. The molecule has 1 saturated carbocycles. The largest absolute Gasteiger partial charge is 0.416 e. The molecule has 0 bridgehead atoms. The van der Waals surface area contributed by atoms with Gasteiger partial charge in [0.15, 0.2) is 5.16 Å². The van der Waals surface area contributed by atoms with Gasteiger partial charge in [0.25, 0.3) is 0 Å². The van der Waals surface area contributed by atoms with Crippen LogP contribution < -0.4 is 5.32 Å². The van der Waals surface area contributed by atoms with Crippen molar-refractivity contribution < 1.29 is 18.0 Å². The number of anilines is 1. The molecule has 1 unspecified atom stereocenters. The first-order valence-electron chi connectivity index (χ1n) is 8.48. The minimum absolute atomic E-state index is 0.105. The van der Waals surface area contributed by atoms with Gasteiger partial charge in [0, 0.05) is 18.2 Å². The first kappa shape index (κ1) is 19.5. The van der Waals surface area contributed by atoms with E-state index in [1.807, 2.05) is 4.57 Å². The normalized spacial score (nSPS) is 15.4. The number of rotatable bonds is 7. The van der Waals surface area contributed by atoms with Crippen LogP contribution in [0, 0.1) is 0 Å². The number of benzene rings is 1. The van der Waals surface area contributed by atoms with Gasteiger partial charge >= 0.3 is 6.18 Å². The smallest absolute Gasteiger partial charge is 0.325 e. The van der Waals surface area contributed by atoms with E-state index in [2.05, 4.69) is 22.1 Å². The van der Waals surface area contributed by atoms with E-state index in [9.17, 15) is 18.0 Å². The van der Waals surface area contributed by atoms with E-state index in [-0.39, 0.29) is 5.69 Å². The van der Waals surface area contributed by atoms with Gasteiger partial charge in [-0.15, -0.1) is 16.8 Å². The Bertz CT molecular complexity index is 845. The maximum atomic E-state index is 12.8. The summed E-state index contributed by atoms with van der Waals surface area (Å²) in [6.45, 7) is 5.96. The Kier molecular flexibility index (Phi) is 5.59. The Morgan fingerprint density at radius 2 is 2.19 bits per heavy atom. The summed E-state index contributed by atoms with van der Waals surface area (Å²) in [7, 11) is 0. The highest BCUT2D eigenvalue weighted by molar-refractivity contribution is 8.00. The number of allylic oxidation sites excluding steroid dienone is 1. The van der Waals surface area contributed by atoms with E-state index >= 15 is 0 Å². The minimum atomic E-state index is -4.46. The van der Waals surface area contributed by atoms with Crippen molar-refractivity contribution in [2.45, 2.75) is 48.8 Å². The molecule has 0 spiro atoms. The van der Waals surface area contributed by atoms with Crippen molar-refractivity contribution >= 4 is 23.4 Å². The van der Waals surface area contributed by atoms with Gasteiger partial charge < -0.3 is 9.88 Å². The standard InChI is InChI=1S/C18H19F3N4OS/c1-3-9-25-15(12-7-8-12)23-24-17(25)27-11(2)16(26)22-14-6-4-5-13(10-14)18(19,20)21/h3-6,10-12H,1,7-9H2,2H3,(H,22,26). The third-order valence-electron chi connectivity index (χ3n) is 4.11. The van der Waals surface area contributed by atoms with E-state index in [1.54, 1.807) is 13.0 Å². The van der Waals surface area contributed by atoms with E-state index < -0.39 is 22.9 Å². The van der Waals surface area contributed by atoms with Crippen molar-refractivity contribution in [3.8, 4) is 0 Å². The summed E-state index contributed by atoms with van der Waals surface area (Å²) in [5, 5.41) is 11.0. The van der Waals surface area contributed by atoms with Crippen LogP contribution in [-0.2, 0) is 17.5 Å². The number of carbonyl (C=O) groups is 1. The zero-order chi connectivity index (χ0) is 19.6. The highest BCUT2D eigenvalue weighted by Crippen LogP contribution is 2.40. The predicted molar refractivity (Wildman–Crippen MR) is 97.6 cm³/mol. The molecule has 1 amide bonds. The first-order valence-corrected chi connectivity index (χ1v) is 9.36. The lowest BCUT2D eigenvalue weighted by molar-refractivity contribution is -0.137. The number of thioether (sulfide) groups is 1. The first-order chi connectivity index (χ1) is 12.8. The molecule has 9 heteroatoms. The number of hydrogen-bond donors (Lipinski definition) is 1. The van der Waals surface area contributed by atoms with Gasteiger partial charge in [-0.25, -0.2) is 0 Å². The number of nitrogens with zero attached hydrogens (tertiary/aromatic N) is 3. The van der Waals surface area contributed by atoms with Crippen LogP contribution in [0.1, 0.15) is 37.1 Å². The molecule has 1 atom stereocenters. The molecule has 0 saturated heterocycles. The van der Waals surface area contributed by atoms with Crippen molar-refractivity contribution in [2.24, 2.45) is 0 Å². The van der Waals surface area contributed by atoms with Crippen LogP contribution in [0.2, 0.25) is 0 Å². The zero-order valence-corrected chi connectivity index (χ0v) is 15.5. The molecule has 1 aliphatic carbocycles. The molecule has 144 valence electrons. The fourth-order valence-electron chi connectivity index (χ4n) is 2.56. The van der Waals surface area contributed by atoms with Crippen molar-refractivity contribution in [3.05, 3.63) is 48.3 Å². The molecule has 1 aromatic carbocycles. The van der Waals surface area contributed by atoms with Gasteiger partial charge in [0.2, 0.25) is 5.91 Å². The van der Waals surface area contributed by atoms with Crippen molar-refractivity contribution in [2.75, 3.05) is 5.32 Å². The Morgan fingerprint density at radius 3 is 2.81 bits per heavy atom. The number of nitrogens with one attached hydrogen (secondary N) is 1. The zero-order valence-electron chi connectivity index (χ0n) is 14.7. The fourth-order valence-corrected chi connectivity index (χ4v) is 3.43. The number of hydrogen-bond acceptors (Lipinski definition) is 4.